The maximum absolute atomic E-state index is 12.4. The number of carbonyl (C=O) groups excluding carboxylic acids is 2. The average molecular weight is 264 g/mol. The topological polar surface area (TPSA) is 54.4 Å². The number of aliphatic hydroxyl groups excluding tert-OH is 1. The summed E-state index contributed by atoms with van der Waals surface area (Å²) in [5.41, 5.74) is -0.186. The number of carbonyl (C=O) groups is 2. The van der Waals surface area contributed by atoms with Crippen LogP contribution in [0.3, 0.4) is 0 Å². The fraction of sp³-hybridized carbons (Fsp3) is 0.875. The second-order valence-electron chi connectivity index (χ2n) is 7.14. The molecule has 3 saturated carbocycles. The Morgan fingerprint density at radius 3 is 2.79 bits per heavy atom. The van der Waals surface area contributed by atoms with Crippen LogP contribution in [0, 0.1) is 29.1 Å². The molecule has 1 N–H and O–H groups in total. The summed E-state index contributed by atoms with van der Waals surface area (Å²) in [6.07, 6.45) is 4.65. The number of Topliss-reactive ketones (excluding diaryl/α,β-unsaturated/α-hetero) is 2. The minimum absolute atomic E-state index is 0.108. The van der Waals surface area contributed by atoms with Crippen LogP contribution < -0.4 is 0 Å². The van der Waals surface area contributed by atoms with Gasteiger partial charge in [-0.25, -0.2) is 0 Å². The molecule has 0 aromatic heterocycles. The molecule has 106 valence electrons. The van der Waals surface area contributed by atoms with Gasteiger partial charge in [-0.3, -0.25) is 4.79 Å². The van der Waals surface area contributed by atoms with Crippen LogP contribution in [0.1, 0.15) is 52.4 Å². The first-order valence-corrected chi connectivity index (χ1v) is 7.67. The Morgan fingerprint density at radius 2 is 2.11 bits per heavy atom. The standard InChI is InChI=1S/C16H24O3/c1-9-6-13-11(7-10(2)17)14(18)8-16(13)12(9)4-3-5-15(16)19/h9,11-13,15,19H,3-8H2,1-2H3/t9-,11?,12+,13-,15-,16?/m0/s1. The zero-order chi connectivity index (χ0) is 13.8. The highest BCUT2D eigenvalue weighted by Gasteiger charge is 2.65. The third-order valence-corrected chi connectivity index (χ3v) is 6.19. The third-order valence-electron chi connectivity index (χ3n) is 6.19. The maximum Gasteiger partial charge on any atom is 0.137 e. The fourth-order valence-corrected chi connectivity index (χ4v) is 5.58. The molecule has 0 aliphatic heterocycles. The lowest BCUT2D eigenvalue weighted by Gasteiger charge is -2.45. The van der Waals surface area contributed by atoms with Crippen LogP contribution >= 0.6 is 0 Å². The molecule has 0 aromatic rings. The Kier molecular flexibility index (Phi) is 3.08. The van der Waals surface area contributed by atoms with Crippen molar-refractivity contribution in [1.29, 1.82) is 0 Å². The van der Waals surface area contributed by atoms with Crippen LogP contribution in [0.2, 0.25) is 0 Å². The van der Waals surface area contributed by atoms with Crippen molar-refractivity contribution in [2.75, 3.05) is 0 Å². The second kappa shape index (κ2) is 4.41. The first-order chi connectivity index (χ1) is 8.96. The summed E-state index contributed by atoms with van der Waals surface area (Å²) < 4.78 is 0. The van der Waals surface area contributed by atoms with Gasteiger partial charge in [0.25, 0.3) is 0 Å². The molecule has 1 spiro atoms. The predicted molar refractivity (Wildman–Crippen MR) is 71.5 cm³/mol. The second-order valence-corrected chi connectivity index (χ2v) is 7.14. The molecule has 0 aromatic carbocycles. The summed E-state index contributed by atoms with van der Waals surface area (Å²) in [5.74, 6) is 1.55. The van der Waals surface area contributed by atoms with E-state index in [-0.39, 0.29) is 34.9 Å². The Labute approximate surface area is 114 Å². The van der Waals surface area contributed by atoms with E-state index in [0.29, 0.717) is 24.7 Å². The minimum Gasteiger partial charge on any atom is -0.393 e. The molecule has 2 unspecified atom stereocenters. The van der Waals surface area contributed by atoms with E-state index in [1.165, 1.54) is 0 Å². The SMILES string of the molecule is CC(=O)CC1C(=O)CC23[C@H](CCC[C@@H]2O)[C@@H](C)C[C@@H]13. The lowest BCUT2D eigenvalue weighted by molar-refractivity contribution is -0.126. The fourth-order valence-electron chi connectivity index (χ4n) is 5.58. The van der Waals surface area contributed by atoms with Gasteiger partial charge in [0.05, 0.1) is 6.10 Å². The van der Waals surface area contributed by atoms with Crippen LogP contribution in [0.4, 0.5) is 0 Å². The van der Waals surface area contributed by atoms with Gasteiger partial charge in [0.1, 0.15) is 11.6 Å². The van der Waals surface area contributed by atoms with Crippen molar-refractivity contribution in [2.45, 2.75) is 58.5 Å². The van der Waals surface area contributed by atoms with E-state index in [9.17, 15) is 14.7 Å². The molecular weight excluding hydrogens is 240 g/mol. The molecule has 0 bridgehead atoms. The van der Waals surface area contributed by atoms with E-state index in [1.54, 1.807) is 6.92 Å². The summed E-state index contributed by atoms with van der Waals surface area (Å²) in [4.78, 5) is 23.8. The molecule has 6 atom stereocenters. The van der Waals surface area contributed by atoms with Gasteiger partial charge in [-0.05, 0) is 43.9 Å². The van der Waals surface area contributed by atoms with Crippen molar-refractivity contribution in [1.82, 2.24) is 0 Å². The van der Waals surface area contributed by atoms with Crippen molar-refractivity contribution < 1.29 is 14.7 Å². The molecular formula is C16H24O3. The van der Waals surface area contributed by atoms with Gasteiger partial charge >= 0.3 is 0 Å². The molecule has 0 amide bonds. The molecule has 3 aliphatic rings. The van der Waals surface area contributed by atoms with Gasteiger partial charge in [0.15, 0.2) is 0 Å². The first-order valence-electron chi connectivity index (χ1n) is 7.67. The maximum atomic E-state index is 12.4. The van der Waals surface area contributed by atoms with Gasteiger partial charge in [0.2, 0.25) is 0 Å². The van der Waals surface area contributed by atoms with E-state index >= 15 is 0 Å². The number of aliphatic hydroxyl groups is 1. The first kappa shape index (κ1) is 13.3. The zero-order valence-corrected chi connectivity index (χ0v) is 11.9. The molecule has 19 heavy (non-hydrogen) atoms. The van der Waals surface area contributed by atoms with Crippen molar-refractivity contribution >= 4 is 11.6 Å². The lowest BCUT2D eigenvalue weighted by Crippen LogP contribution is -2.45. The van der Waals surface area contributed by atoms with Gasteiger partial charge in [0, 0.05) is 24.2 Å². The van der Waals surface area contributed by atoms with Gasteiger partial charge in [-0.1, -0.05) is 13.3 Å². The van der Waals surface area contributed by atoms with Crippen molar-refractivity contribution in [3.8, 4) is 0 Å². The van der Waals surface area contributed by atoms with E-state index in [0.717, 1.165) is 25.7 Å². The van der Waals surface area contributed by atoms with Gasteiger partial charge in [-0.2, -0.15) is 0 Å². The number of hydrogen-bond donors (Lipinski definition) is 1. The number of ketones is 2. The Bertz CT molecular complexity index is 416. The predicted octanol–water partition coefficient (Wildman–Crippen LogP) is 2.36. The van der Waals surface area contributed by atoms with Crippen LogP contribution in [0.25, 0.3) is 0 Å². The normalized spacial score (nSPS) is 49.0. The van der Waals surface area contributed by atoms with E-state index < -0.39 is 0 Å². The van der Waals surface area contributed by atoms with Crippen LogP contribution in [-0.2, 0) is 9.59 Å². The molecule has 3 heteroatoms. The highest BCUT2D eigenvalue weighted by atomic mass is 16.3. The highest BCUT2D eigenvalue weighted by Crippen LogP contribution is 2.66. The van der Waals surface area contributed by atoms with Crippen molar-refractivity contribution in [3.63, 3.8) is 0 Å². The summed E-state index contributed by atoms with van der Waals surface area (Å²) in [5, 5.41) is 10.6. The van der Waals surface area contributed by atoms with Crippen LogP contribution in [0.15, 0.2) is 0 Å². The molecule has 0 heterocycles. The van der Waals surface area contributed by atoms with E-state index in [4.69, 9.17) is 0 Å². The van der Waals surface area contributed by atoms with E-state index in [2.05, 4.69) is 6.92 Å². The van der Waals surface area contributed by atoms with Crippen LogP contribution in [0.5, 0.6) is 0 Å². The zero-order valence-electron chi connectivity index (χ0n) is 11.9. The molecule has 3 fully saturated rings. The van der Waals surface area contributed by atoms with Crippen LogP contribution in [-0.4, -0.2) is 22.8 Å². The molecule has 0 saturated heterocycles. The Balaban J connectivity index is 1.97. The lowest BCUT2D eigenvalue weighted by atomic mass is 9.61. The average Bonchev–Trinajstić information content (AvgIpc) is 2.74. The summed E-state index contributed by atoms with van der Waals surface area (Å²) in [7, 11) is 0. The molecule has 3 nitrogen and oxygen atoms in total. The molecule has 3 rings (SSSR count). The van der Waals surface area contributed by atoms with E-state index in [1.807, 2.05) is 0 Å². The number of hydrogen-bond acceptors (Lipinski definition) is 3. The Hall–Kier alpha value is -0.700. The summed E-state index contributed by atoms with van der Waals surface area (Å²) in [6.45, 7) is 3.84. The third kappa shape index (κ3) is 1.74. The van der Waals surface area contributed by atoms with Crippen molar-refractivity contribution in [3.05, 3.63) is 0 Å². The molecule has 0 radical (unpaired) electrons. The number of rotatable bonds is 2. The van der Waals surface area contributed by atoms with Gasteiger partial charge in [-0.15, -0.1) is 0 Å². The van der Waals surface area contributed by atoms with Gasteiger partial charge < -0.3 is 9.90 Å². The molecule has 3 aliphatic carbocycles. The van der Waals surface area contributed by atoms with Crippen molar-refractivity contribution in [2.24, 2.45) is 29.1 Å². The largest absolute Gasteiger partial charge is 0.393 e. The minimum atomic E-state index is -0.331. The Morgan fingerprint density at radius 1 is 1.37 bits per heavy atom. The summed E-state index contributed by atoms with van der Waals surface area (Å²) >= 11 is 0. The smallest absolute Gasteiger partial charge is 0.137 e. The highest BCUT2D eigenvalue weighted by molar-refractivity contribution is 5.90. The monoisotopic (exact) mass is 264 g/mol. The quantitative estimate of drug-likeness (QED) is 0.833. The summed E-state index contributed by atoms with van der Waals surface area (Å²) in [6, 6.07) is 0.